The Labute approximate surface area is 156 Å². The van der Waals surface area contributed by atoms with Crippen LogP contribution in [0.2, 0.25) is 0 Å². The molecular formula is C20H22F3N3O. The minimum absolute atomic E-state index is 0.0316. The molecule has 27 heavy (non-hydrogen) atoms. The number of carbonyl (C=O) groups is 1. The second kappa shape index (κ2) is 8.08. The zero-order valence-corrected chi connectivity index (χ0v) is 15.0. The molecule has 2 heterocycles. The van der Waals surface area contributed by atoms with Gasteiger partial charge in [0, 0.05) is 38.4 Å². The van der Waals surface area contributed by atoms with Crippen LogP contribution in [0.5, 0.6) is 0 Å². The summed E-state index contributed by atoms with van der Waals surface area (Å²) in [5, 5.41) is 3.26. The van der Waals surface area contributed by atoms with E-state index in [4.69, 9.17) is 0 Å². The van der Waals surface area contributed by atoms with Gasteiger partial charge in [-0.1, -0.05) is 31.2 Å². The molecule has 3 rings (SSSR count). The van der Waals surface area contributed by atoms with E-state index in [1.165, 1.54) is 12.1 Å². The van der Waals surface area contributed by atoms with Crippen molar-refractivity contribution in [1.29, 1.82) is 0 Å². The quantitative estimate of drug-likeness (QED) is 0.882. The van der Waals surface area contributed by atoms with Crippen molar-refractivity contribution in [1.82, 2.24) is 15.2 Å². The van der Waals surface area contributed by atoms with Crippen LogP contribution in [0.4, 0.5) is 13.2 Å². The molecule has 2 aromatic rings. The molecule has 2 unspecified atom stereocenters. The van der Waals surface area contributed by atoms with E-state index in [9.17, 15) is 18.0 Å². The van der Waals surface area contributed by atoms with E-state index >= 15 is 0 Å². The van der Waals surface area contributed by atoms with Gasteiger partial charge < -0.3 is 10.2 Å². The lowest BCUT2D eigenvalue weighted by Gasteiger charge is -2.37. The summed E-state index contributed by atoms with van der Waals surface area (Å²) in [6.45, 7) is 3.46. The van der Waals surface area contributed by atoms with Crippen molar-refractivity contribution in [2.45, 2.75) is 31.5 Å². The summed E-state index contributed by atoms with van der Waals surface area (Å²) < 4.78 is 39.8. The summed E-state index contributed by atoms with van der Waals surface area (Å²) in [5.74, 6) is -0.672. The first-order chi connectivity index (χ1) is 12.9. The first-order valence-corrected chi connectivity index (χ1v) is 8.94. The van der Waals surface area contributed by atoms with Gasteiger partial charge in [-0.3, -0.25) is 9.78 Å². The van der Waals surface area contributed by atoms with E-state index in [0.29, 0.717) is 19.6 Å². The van der Waals surface area contributed by atoms with Gasteiger partial charge in [-0.2, -0.15) is 13.2 Å². The number of hydrogen-bond acceptors (Lipinski definition) is 3. The smallest absolute Gasteiger partial charge is 0.333 e. The Bertz CT molecular complexity index is 780. The standard InChI is InChI=1S/C20H22F3N3O/c1-14(16-6-2-3-7-17(16)20(21,22)23)11-19(27)26-10-9-25-13-18(26)15-5-4-8-24-12-15/h2-8,12,14,18,25H,9-11,13H2,1H3. The third kappa shape index (κ3) is 4.47. The monoisotopic (exact) mass is 377 g/mol. The minimum Gasteiger partial charge on any atom is -0.333 e. The van der Waals surface area contributed by atoms with Gasteiger partial charge in [-0.05, 0) is 29.2 Å². The van der Waals surface area contributed by atoms with Crippen molar-refractivity contribution >= 4 is 5.91 Å². The summed E-state index contributed by atoms with van der Waals surface area (Å²) in [4.78, 5) is 18.8. The topological polar surface area (TPSA) is 45.2 Å². The largest absolute Gasteiger partial charge is 0.416 e. The number of halogens is 3. The summed E-state index contributed by atoms with van der Waals surface area (Å²) in [7, 11) is 0. The first kappa shape index (κ1) is 19.4. The third-order valence-electron chi connectivity index (χ3n) is 4.91. The second-order valence-corrected chi connectivity index (χ2v) is 6.78. The van der Waals surface area contributed by atoms with Crippen molar-refractivity contribution in [3.8, 4) is 0 Å². The molecule has 4 nitrogen and oxygen atoms in total. The number of rotatable bonds is 4. The molecule has 1 saturated heterocycles. The van der Waals surface area contributed by atoms with Gasteiger partial charge in [0.2, 0.25) is 5.91 Å². The lowest BCUT2D eigenvalue weighted by atomic mass is 9.91. The highest BCUT2D eigenvalue weighted by atomic mass is 19.4. The maximum Gasteiger partial charge on any atom is 0.416 e. The van der Waals surface area contributed by atoms with Crippen molar-refractivity contribution in [3.05, 3.63) is 65.5 Å². The zero-order valence-electron chi connectivity index (χ0n) is 15.0. The number of aromatic nitrogens is 1. The fourth-order valence-corrected chi connectivity index (χ4v) is 3.55. The molecule has 1 N–H and O–H groups in total. The number of nitrogens with one attached hydrogen (secondary N) is 1. The molecule has 1 aromatic carbocycles. The van der Waals surface area contributed by atoms with Gasteiger partial charge in [0.25, 0.3) is 0 Å². The van der Waals surface area contributed by atoms with Crippen LogP contribution in [-0.2, 0) is 11.0 Å². The summed E-state index contributed by atoms with van der Waals surface area (Å²) in [5.41, 5.74) is 0.405. The van der Waals surface area contributed by atoms with Crippen molar-refractivity contribution in [2.24, 2.45) is 0 Å². The number of nitrogens with zero attached hydrogens (tertiary/aromatic N) is 2. The number of piperazine rings is 1. The van der Waals surface area contributed by atoms with E-state index in [2.05, 4.69) is 10.3 Å². The Morgan fingerprint density at radius 1 is 1.30 bits per heavy atom. The molecule has 0 saturated carbocycles. The van der Waals surface area contributed by atoms with Crippen molar-refractivity contribution < 1.29 is 18.0 Å². The molecule has 1 aliphatic rings. The number of amides is 1. The number of carbonyl (C=O) groups excluding carboxylic acids is 1. The van der Waals surface area contributed by atoms with Crippen LogP contribution in [0.3, 0.4) is 0 Å². The molecule has 1 aliphatic heterocycles. The van der Waals surface area contributed by atoms with Crippen LogP contribution in [-0.4, -0.2) is 35.4 Å². The van der Waals surface area contributed by atoms with E-state index in [1.807, 2.05) is 12.1 Å². The number of alkyl halides is 3. The molecule has 0 aliphatic carbocycles. The summed E-state index contributed by atoms with van der Waals surface area (Å²) in [6, 6.07) is 9.04. The maximum absolute atomic E-state index is 13.3. The Kier molecular flexibility index (Phi) is 5.79. The molecule has 0 spiro atoms. The molecule has 0 bridgehead atoms. The lowest BCUT2D eigenvalue weighted by molar-refractivity contribution is -0.139. The summed E-state index contributed by atoms with van der Waals surface area (Å²) >= 11 is 0. The van der Waals surface area contributed by atoms with Gasteiger partial charge in [-0.25, -0.2) is 0 Å². The van der Waals surface area contributed by atoms with Crippen LogP contribution in [0, 0.1) is 0 Å². The zero-order chi connectivity index (χ0) is 19.4. The Morgan fingerprint density at radius 3 is 2.78 bits per heavy atom. The number of benzene rings is 1. The lowest BCUT2D eigenvalue weighted by Crippen LogP contribution is -2.48. The average molecular weight is 377 g/mol. The fourth-order valence-electron chi connectivity index (χ4n) is 3.55. The molecule has 1 amide bonds. The highest BCUT2D eigenvalue weighted by molar-refractivity contribution is 5.78. The molecular weight excluding hydrogens is 355 g/mol. The normalized spacial score (nSPS) is 19.0. The summed E-state index contributed by atoms with van der Waals surface area (Å²) in [6.07, 6.45) is -1.01. The second-order valence-electron chi connectivity index (χ2n) is 6.78. The van der Waals surface area contributed by atoms with Gasteiger partial charge in [-0.15, -0.1) is 0 Å². The van der Waals surface area contributed by atoms with E-state index in [0.717, 1.165) is 11.6 Å². The Hall–Kier alpha value is -2.41. The third-order valence-corrected chi connectivity index (χ3v) is 4.91. The van der Waals surface area contributed by atoms with Gasteiger partial charge in [0.05, 0.1) is 11.6 Å². The molecule has 2 atom stereocenters. The van der Waals surface area contributed by atoms with Crippen molar-refractivity contribution in [2.75, 3.05) is 19.6 Å². The molecule has 1 aromatic heterocycles. The Balaban J connectivity index is 1.78. The molecule has 1 fully saturated rings. The average Bonchev–Trinajstić information content (AvgIpc) is 2.68. The maximum atomic E-state index is 13.3. The van der Waals surface area contributed by atoms with Crippen LogP contribution >= 0.6 is 0 Å². The molecule has 7 heteroatoms. The Morgan fingerprint density at radius 2 is 2.07 bits per heavy atom. The molecule has 0 radical (unpaired) electrons. The van der Waals surface area contributed by atoms with E-state index < -0.39 is 17.7 Å². The minimum atomic E-state index is -4.43. The van der Waals surface area contributed by atoms with Gasteiger partial charge in [0.15, 0.2) is 0 Å². The van der Waals surface area contributed by atoms with E-state index in [1.54, 1.807) is 30.3 Å². The highest BCUT2D eigenvalue weighted by Crippen LogP contribution is 2.36. The number of hydrogen-bond donors (Lipinski definition) is 1. The SMILES string of the molecule is CC(CC(=O)N1CCNCC1c1cccnc1)c1ccccc1C(F)(F)F. The van der Waals surface area contributed by atoms with Crippen LogP contribution < -0.4 is 5.32 Å². The van der Waals surface area contributed by atoms with Crippen LogP contribution in [0.1, 0.15) is 42.0 Å². The van der Waals surface area contributed by atoms with E-state index in [-0.39, 0.29) is 23.9 Å². The van der Waals surface area contributed by atoms with Gasteiger partial charge in [0.1, 0.15) is 0 Å². The van der Waals surface area contributed by atoms with Crippen LogP contribution in [0.25, 0.3) is 0 Å². The predicted molar refractivity (Wildman–Crippen MR) is 96.0 cm³/mol. The van der Waals surface area contributed by atoms with Crippen molar-refractivity contribution in [3.63, 3.8) is 0 Å². The molecule has 144 valence electrons. The van der Waals surface area contributed by atoms with Gasteiger partial charge >= 0.3 is 6.18 Å². The first-order valence-electron chi connectivity index (χ1n) is 8.94. The number of pyridine rings is 1. The highest BCUT2D eigenvalue weighted by Gasteiger charge is 2.35. The fraction of sp³-hybridized carbons (Fsp3) is 0.400. The van der Waals surface area contributed by atoms with Crippen LogP contribution in [0.15, 0.2) is 48.8 Å². The predicted octanol–water partition coefficient (Wildman–Crippen LogP) is 3.77.